The van der Waals surface area contributed by atoms with E-state index >= 15 is 0 Å². The smallest absolute Gasteiger partial charge is 0.317 e. The maximum atomic E-state index is 12.4. The second kappa shape index (κ2) is 6.55. The number of fused-ring (bicyclic) bond motifs is 1. The van der Waals surface area contributed by atoms with Gasteiger partial charge in [0.25, 0.3) is 0 Å². The van der Waals surface area contributed by atoms with Gasteiger partial charge in [0.05, 0.1) is 5.25 Å². The Morgan fingerprint density at radius 2 is 1.77 bits per heavy atom. The predicted octanol–water partition coefficient (Wildman–Crippen LogP) is 2.16. The van der Waals surface area contributed by atoms with Crippen molar-refractivity contribution >= 4 is 26.8 Å². The van der Waals surface area contributed by atoms with E-state index in [-0.39, 0.29) is 12.1 Å². The molecule has 6 nitrogen and oxygen atoms in total. The molecule has 0 radical (unpaired) electrons. The number of rotatable bonds is 3. The maximum Gasteiger partial charge on any atom is 0.317 e. The number of nitrogens with one attached hydrogen (secondary N) is 1. The summed E-state index contributed by atoms with van der Waals surface area (Å²) in [6.07, 6.45) is 1.76. The summed E-state index contributed by atoms with van der Waals surface area (Å²) in [5.41, 5.74) is 1.25. The molecule has 0 bridgehead atoms. The minimum Gasteiger partial charge on any atom is -0.335 e. The Labute approximate surface area is 153 Å². The predicted molar refractivity (Wildman–Crippen MR) is 101 cm³/mol. The molecule has 0 spiro atoms. The molecule has 2 aromatic carbocycles. The Hall–Kier alpha value is -2.12. The topological polar surface area (TPSA) is 92.5 Å². The minimum absolute atomic E-state index is 0.105. The van der Waals surface area contributed by atoms with Crippen LogP contribution < -0.4 is 10.5 Å². The molecule has 3 N–H and O–H groups in total. The molecule has 138 valence electrons. The highest BCUT2D eigenvalue weighted by molar-refractivity contribution is 7.89. The summed E-state index contributed by atoms with van der Waals surface area (Å²) >= 11 is 0. The second-order valence-corrected chi connectivity index (χ2v) is 9.12. The van der Waals surface area contributed by atoms with Gasteiger partial charge in [-0.25, -0.2) is 18.4 Å². The van der Waals surface area contributed by atoms with Gasteiger partial charge in [-0.3, -0.25) is 0 Å². The number of nitrogens with zero attached hydrogens (tertiary/aromatic N) is 1. The van der Waals surface area contributed by atoms with E-state index in [1.807, 2.05) is 12.1 Å². The summed E-state index contributed by atoms with van der Waals surface area (Å²) in [4.78, 5) is 14.1. The molecule has 1 heterocycles. The average Bonchev–Trinajstić information content (AvgIpc) is 3.40. The van der Waals surface area contributed by atoms with Crippen molar-refractivity contribution in [2.75, 3.05) is 13.1 Å². The number of amides is 2. The van der Waals surface area contributed by atoms with Crippen LogP contribution in [0.3, 0.4) is 0 Å². The largest absolute Gasteiger partial charge is 0.335 e. The number of carbonyl (C=O) groups is 1. The first-order chi connectivity index (χ1) is 12.4. The summed E-state index contributed by atoms with van der Waals surface area (Å²) in [5.74, 6) is 0.352. The fourth-order valence-corrected chi connectivity index (χ4v) is 4.67. The Morgan fingerprint density at radius 3 is 2.46 bits per heavy atom. The van der Waals surface area contributed by atoms with Gasteiger partial charge in [-0.2, -0.15) is 0 Å². The second-order valence-electron chi connectivity index (χ2n) is 7.28. The van der Waals surface area contributed by atoms with Crippen molar-refractivity contribution in [1.29, 1.82) is 0 Å². The van der Waals surface area contributed by atoms with E-state index in [4.69, 9.17) is 5.14 Å². The molecule has 1 aliphatic heterocycles. The zero-order valence-electron chi connectivity index (χ0n) is 14.5. The first-order valence-electron chi connectivity index (χ1n) is 8.97. The fourth-order valence-electron chi connectivity index (χ4n) is 3.80. The van der Waals surface area contributed by atoms with Crippen LogP contribution in [-0.2, 0) is 10.0 Å². The zero-order valence-corrected chi connectivity index (χ0v) is 15.3. The number of nitrogens with two attached hydrogens (primary N) is 1. The lowest BCUT2D eigenvalue weighted by atomic mass is 10.0. The zero-order chi connectivity index (χ0) is 18.3. The highest BCUT2D eigenvalue weighted by Gasteiger charge is 2.40. The molecule has 0 unspecified atom stereocenters. The molecule has 1 saturated heterocycles. The third-order valence-electron chi connectivity index (χ3n) is 5.49. The van der Waals surface area contributed by atoms with Gasteiger partial charge in [-0.05, 0) is 35.6 Å². The summed E-state index contributed by atoms with van der Waals surface area (Å²) in [6.45, 7) is 0.862. The summed E-state index contributed by atoms with van der Waals surface area (Å²) in [6, 6.07) is 14.8. The molecular weight excluding hydrogens is 350 g/mol. The number of piperidine rings is 1. The van der Waals surface area contributed by atoms with Gasteiger partial charge < -0.3 is 10.2 Å². The molecule has 2 atom stereocenters. The summed E-state index contributed by atoms with van der Waals surface area (Å²) in [7, 11) is -3.51. The molecule has 1 saturated carbocycles. The SMILES string of the molecule is NS(=O)(=O)C1CCN(C(=O)N[C@@H]2C[C@H]2c2ccc3ccccc3c2)CC1. The van der Waals surface area contributed by atoms with E-state index in [0.717, 1.165) is 6.42 Å². The number of primary sulfonamides is 1. The Bertz CT molecular complexity index is 936. The monoisotopic (exact) mass is 373 g/mol. The average molecular weight is 373 g/mol. The number of hydrogen-bond donors (Lipinski definition) is 2. The Morgan fingerprint density at radius 1 is 1.08 bits per heavy atom. The fraction of sp³-hybridized carbons (Fsp3) is 0.421. The van der Waals surface area contributed by atoms with Gasteiger partial charge in [-0.15, -0.1) is 0 Å². The van der Waals surface area contributed by atoms with Gasteiger partial charge in [0.1, 0.15) is 0 Å². The molecule has 2 aromatic rings. The van der Waals surface area contributed by atoms with Crippen molar-refractivity contribution in [2.24, 2.45) is 5.14 Å². The first-order valence-corrected chi connectivity index (χ1v) is 10.6. The van der Waals surface area contributed by atoms with Crippen molar-refractivity contribution in [3.05, 3.63) is 48.0 Å². The van der Waals surface area contributed by atoms with E-state index < -0.39 is 15.3 Å². The van der Waals surface area contributed by atoms with Crippen molar-refractivity contribution in [2.45, 2.75) is 36.5 Å². The van der Waals surface area contributed by atoms with E-state index in [1.165, 1.54) is 16.3 Å². The normalized spacial score (nSPS) is 23.8. The van der Waals surface area contributed by atoms with E-state index in [0.29, 0.717) is 31.8 Å². The molecule has 2 aliphatic rings. The van der Waals surface area contributed by atoms with Crippen LogP contribution in [0.4, 0.5) is 4.79 Å². The van der Waals surface area contributed by atoms with Crippen molar-refractivity contribution in [3.8, 4) is 0 Å². The Kier molecular flexibility index (Phi) is 4.36. The number of benzene rings is 2. The summed E-state index contributed by atoms with van der Waals surface area (Å²) in [5, 5.41) is 10.2. The van der Waals surface area contributed by atoms with Crippen LogP contribution in [0.1, 0.15) is 30.7 Å². The standard InChI is InChI=1S/C19H23N3O3S/c20-26(24,25)16-7-9-22(10-8-16)19(23)21-18-12-17(18)15-6-5-13-3-1-2-4-14(13)11-15/h1-6,11,16-18H,7-10,12H2,(H,21,23)(H2,20,24,25)/t17-,18+/m0/s1. The molecule has 4 rings (SSSR count). The van der Waals surface area contributed by atoms with Crippen molar-refractivity contribution in [1.82, 2.24) is 10.2 Å². The van der Waals surface area contributed by atoms with Crippen LogP contribution in [0.15, 0.2) is 42.5 Å². The number of hydrogen-bond acceptors (Lipinski definition) is 3. The van der Waals surface area contributed by atoms with Crippen LogP contribution >= 0.6 is 0 Å². The highest BCUT2D eigenvalue weighted by Crippen LogP contribution is 2.41. The number of urea groups is 1. The van der Waals surface area contributed by atoms with Gasteiger partial charge in [0.2, 0.25) is 10.0 Å². The molecule has 1 aliphatic carbocycles. The van der Waals surface area contributed by atoms with Crippen LogP contribution in [0.25, 0.3) is 10.8 Å². The van der Waals surface area contributed by atoms with Crippen LogP contribution in [0, 0.1) is 0 Å². The summed E-state index contributed by atoms with van der Waals surface area (Å²) < 4.78 is 22.8. The third kappa shape index (κ3) is 3.54. The number of carbonyl (C=O) groups excluding carboxylic acids is 1. The van der Waals surface area contributed by atoms with Gasteiger partial charge >= 0.3 is 6.03 Å². The highest BCUT2D eigenvalue weighted by atomic mass is 32.2. The van der Waals surface area contributed by atoms with Crippen molar-refractivity contribution < 1.29 is 13.2 Å². The van der Waals surface area contributed by atoms with Gasteiger partial charge in [-0.1, -0.05) is 42.5 Å². The molecule has 26 heavy (non-hydrogen) atoms. The number of sulfonamides is 1. The van der Waals surface area contributed by atoms with Crippen LogP contribution in [-0.4, -0.2) is 43.7 Å². The van der Waals surface area contributed by atoms with E-state index in [2.05, 4.69) is 35.6 Å². The minimum atomic E-state index is -3.51. The van der Waals surface area contributed by atoms with E-state index in [1.54, 1.807) is 4.90 Å². The quantitative estimate of drug-likeness (QED) is 0.863. The first kappa shape index (κ1) is 17.3. The third-order valence-corrected chi connectivity index (χ3v) is 6.90. The Balaban J connectivity index is 1.34. The lowest BCUT2D eigenvalue weighted by Crippen LogP contribution is -2.48. The van der Waals surface area contributed by atoms with Crippen molar-refractivity contribution in [3.63, 3.8) is 0 Å². The molecule has 7 heteroatoms. The lowest BCUT2D eigenvalue weighted by Gasteiger charge is -2.31. The number of likely N-dealkylation sites (tertiary alicyclic amines) is 1. The molecule has 2 amide bonds. The molecular formula is C19H23N3O3S. The maximum absolute atomic E-state index is 12.4. The van der Waals surface area contributed by atoms with Gasteiger partial charge in [0, 0.05) is 25.0 Å². The van der Waals surface area contributed by atoms with E-state index in [9.17, 15) is 13.2 Å². The van der Waals surface area contributed by atoms with Gasteiger partial charge in [0.15, 0.2) is 0 Å². The van der Waals surface area contributed by atoms with Crippen LogP contribution in [0.5, 0.6) is 0 Å². The lowest BCUT2D eigenvalue weighted by molar-refractivity contribution is 0.186. The molecule has 2 fully saturated rings. The van der Waals surface area contributed by atoms with Crippen LogP contribution in [0.2, 0.25) is 0 Å². The molecule has 0 aromatic heterocycles.